The SMILES string of the molecule is C[C@@H]1NC(=O)[C@@H]2CCN2C(=O)[C@H](Cc2c[nH]c3ccc(F)cc23)NC(=O)[C@H](Cc2c[nH]c3ccc(F)cc23)NC(=O)[C@@H](C)NC(=O)[C@H](CCCCN)NC(=O)CCSCc2cccc(c2)CSCCNC(=O)[C@]2(C)CCC34CC(O)CCC3C[C@H](NC1=O)C(=O)N42. The summed E-state index contributed by atoms with van der Waals surface area (Å²) in [5.41, 5.74) is 7.72. The number of nitrogens with one attached hydrogen (secondary N) is 9. The van der Waals surface area contributed by atoms with Gasteiger partial charge in [0.15, 0.2) is 0 Å². The van der Waals surface area contributed by atoms with E-state index in [2.05, 4.69) is 53.3 Å². The zero-order valence-electron chi connectivity index (χ0n) is 51.4. The van der Waals surface area contributed by atoms with E-state index in [0.29, 0.717) is 114 Å². The van der Waals surface area contributed by atoms with E-state index in [0.717, 1.165) is 11.1 Å². The van der Waals surface area contributed by atoms with Crippen molar-refractivity contribution in [3.05, 3.63) is 107 Å². The molecule has 5 aliphatic rings. The number of piperidine rings is 1. The van der Waals surface area contributed by atoms with Gasteiger partial charge in [-0.25, -0.2) is 8.78 Å². The van der Waals surface area contributed by atoms with Crippen molar-refractivity contribution < 1.29 is 57.0 Å². The van der Waals surface area contributed by atoms with Gasteiger partial charge < -0.3 is 67.8 Å². The van der Waals surface area contributed by atoms with Crippen molar-refractivity contribution in [2.24, 2.45) is 11.7 Å². The highest BCUT2D eigenvalue weighted by molar-refractivity contribution is 7.98. The second-order valence-corrected chi connectivity index (χ2v) is 27.4. The Balaban J connectivity index is 0.924. The van der Waals surface area contributed by atoms with Crippen LogP contribution in [0.5, 0.6) is 0 Å². The van der Waals surface area contributed by atoms with E-state index in [-0.39, 0.29) is 62.8 Å². The number of rotatable bonds is 8. The van der Waals surface area contributed by atoms with Crippen LogP contribution in [-0.2, 0) is 67.5 Å². The lowest BCUT2D eigenvalue weighted by molar-refractivity contribution is -0.167. The highest BCUT2D eigenvalue weighted by Gasteiger charge is 2.65. The first-order valence-electron chi connectivity index (χ1n) is 31.5. The quantitative estimate of drug-likeness (QED) is 0.0988. The van der Waals surface area contributed by atoms with Gasteiger partial charge in [-0.3, -0.25) is 43.2 Å². The zero-order chi connectivity index (χ0) is 64.7. The molecule has 0 radical (unpaired) electrons. The molecule has 5 aromatic rings. The minimum atomic E-state index is -1.49. The van der Waals surface area contributed by atoms with Crippen molar-refractivity contribution in [2.75, 3.05) is 31.1 Å². The number of carbonyl (C=O) groups is 9. The summed E-state index contributed by atoms with van der Waals surface area (Å²) in [6.45, 7) is 5.33. The smallest absolute Gasteiger partial charge is 0.246 e. The number of nitrogens with zero attached hydrogens (tertiary/aromatic N) is 2. The Morgan fingerprint density at radius 1 is 0.659 bits per heavy atom. The Kier molecular flexibility index (Phi) is 21.1. The molecule has 3 unspecified atom stereocenters. The molecule has 26 heteroatoms. The summed E-state index contributed by atoms with van der Waals surface area (Å²) in [6.07, 6.45) is 5.94. The second kappa shape index (κ2) is 29.0. The van der Waals surface area contributed by atoms with Crippen molar-refractivity contribution >= 4 is 98.5 Å². The molecule has 91 heavy (non-hydrogen) atoms. The molecule has 12 N–H and O–H groups in total. The lowest BCUT2D eigenvalue weighted by atomic mass is 9.65. The Bertz CT molecular complexity index is 3570. The van der Waals surface area contributed by atoms with Crippen LogP contribution in [0.1, 0.15) is 114 Å². The van der Waals surface area contributed by atoms with Crippen molar-refractivity contribution in [2.45, 2.75) is 175 Å². The molecular weight excluding hydrogens is 1210 g/mol. The molecule has 10 rings (SSSR count). The predicted octanol–water partition coefficient (Wildman–Crippen LogP) is 3.76. The van der Waals surface area contributed by atoms with Crippen molar-refractivity contribution in [3.63, 3.8) is 0 Å². The lowest BCUT2D eigenvalue weighted by Crippen LogP contribution is -2.72. The summed E-state index contributed by atoms with van der Waals surface area (Å²) >= 11 is 3.19. The molecule has 4 aliphatic heterocycles. The fourth-order valence-electron chi connectivity index (χ4n) is 13.8. The van der Waals surface area contributed by atoms with E-state index in [1.165, 1.54) is 55.1 Å². The van der Waals surface area contributed by atoms with Gasteiger partial charge >= 0.3 is 0 Å². The normalized spacial score (nSPS) is 29.1. The highest BCUT2D eigenvalue weighted by Crippen LogP contribution is 2.55. The molecule has 1 aliphatic carbocycles. The van der Waals surface area contributed by atoms with Crippen molar-refractivity contribution in [1.29, 1.82) is 0 Å². The number of nitrogens with two attached hydrogens (primary N) is 1. The van der Waals surface area contributed by atoms with Crippen molar-refractivity contribution in [3.8, 4) is 0 Å². The van der Waals surface area contributed by atoms with Gasteiger partial charge in [-0.15, -0.1) is 0 Å². The number of halogens is 2. The number of aromatic nitrogens is 2. The van der Waals surface area contributed by atoms with Gasteiger partial charge in [0.05, 0.1) is 6.10 Å². The van der Waals surface area contributed by atoms with Gasteiger partial charge in [0.25, 0.3) is 0 Å². The monoisotopic (exact) mass is 1290 g/mol. The van der Waals surface area contributed by atoms with Gasteiger partial charge in [0.2, 0.25) is 53.2 Å². The summed E-state index contributed by atoms with van der Waals surface area (Å²) in [6, 6.07) is 7.50. The van der Waals surface area contributed by atoms with Gasteiger partial charge in [0, 0.05) is 95.1 Å². The number of aliphatic hydroxyl groups excluding tert-OH is 1. The summed E-state index contributed by atoms with van der Waals surface area (Å²) in [7, 11) is 0. The van der Waals surface area contributed by atoms with E-state index in [9.17, 15) is 47.4 Å². The van der Waals surface area contributed by atoms with Gasteiger partial charge in [-0.2, -0.15) is 23.5 Å². The number of hydrogen-bond acceptors (Lipinski definition) is 13. The molecule has 1 spiro atoms. The molecular formula is C65H82F2N12O10S2. The molecule has 11 atom stereocenters. The third-order valence-corrected chi connectivity index (χ3v) is 20.9. The number of hydrogen-bond donors (Lipinski definition) is 11. The predicted molar refractivity (Wildman–Crippen MR) is 341 cm³/mol. The zero-order valence-corrected chi connectivity index (χ0v) is 53.1. The van der Waals surface area contributed by atoms with Crippen LogP contribution in [0.4, 0.5) is 8.78 Å². The molecule has 3 saturated heterocycles. The number of aromatic amines is 2. The largest absolute Gasteiger partial charge is 0.393 e. The lowest BCUT2D eigenvalue weighted by Gasteiger charge is -2.56. The first-order valence-corrected chi connectivity index (χ1v) is 33.8. The maximum absolute atomic E-state index is 15.1. The number of thioether (sulfide) groups is 2. The van der Waals surface area contributed by atoms with Crippen LogP contribution < -0.4 is 43.0 Å². The van der Waals surface area contributed by atoms with Crippen LogP contribution in [0.2, 0.25) is 0 Å². The number of fused-ring (bicyclic) bond motifs is 6. The van der Waals surface area contributed by atoms with Crippen LogP contribution in [0.15, 0.2) is 73.1 Å². The van der Waals surface area contributed by atoms with Gasteiger partial charge in [-0.05, 0) is 156 Å². The number of benzene rings is 3. The molecule has 22 nitrogen and oxygen atoms in total. The summed E-state index contributed by atoms with van der Waals surface area (Å²) in [5, 5.41) is 31.7. The Labute approximate surface area is 535 Å². The molecule has 4 fully saturated rings. The topological polar surface area (TPSA) is 322 Å². The van der Waals surface area contributed by atoms with E-state index < -0.39 is 112 Å². The van der Waals surface area contributed by atoms with E-state index in [4.69, 9.17) is 5.73 Å². The van der Waals surface area contributed by atoms with E-state index in [1.54, 1.807) is 47.7 Å². The van der Waals surface area contributed by atoms with Crippen molar-refractivity contribution in [1.82, 2.24) is 57.0 Å². The average molecular weight is 1290 g/mol. The number of H-pyrrole nitrogens is 2. The number of aliphatic hydroxyl groups is 1. The van der Waals surface area contributed by atoms with Crippen LogP contribution in [0, 0.1) is 17.6 Å². The third kappa shape index (κ3) is 15.0. The minimum absolute atomic E-state index is 0.0566. The number of amides is 9. The Morgan fingerprint density at radius 3 is 1.92 bits per heavy atom. The van der Waals surface area contributed by atoms with Gasteiger partial charge in [-0.1, -0.05) is 24.3 Å². The maximum atomic E-state index is 15.1. The first-order chi connectivity index (χ1) is 43.6. The van der Waals surface area contributed by atoms with Gasteiger partial charge in [0.1, 0.15) is 59.5 Å². The standard InChI is InChI=1S/C65H82F2N12O10S2/c1-36-56(82)75-51(26-40-32-70-48-14-11-43(66)29-46(40)48)59(85)77-52(27-41-33-71-49-15-12-44(67)30-47(41)49)61(87)78-22-16-54(78)60(86)73-37(2)57(83)76-53-28-42-10-13-45(80)31-65(42)19-18-64(3,79(65)62(53)88)63(89)69-21-24-91-35-39-8-6-7-38(25-39)34-90-23-17-55(81)74-50(58(84)72-36)9-4-5-20-68/h6-8,11-12,14-15,25,29-30,32-33,36-37,42,45,50-54,70-71,80H,4-5,9-10,13,16-24,26-28,31,34-35,68H2,1-3H3,(H,69,89)(H,72,84)(H,73,86)(H,74,81)(H,75,82)(H,76,83)(H,77,85)/t36-,37+,42?,45?,50+,51+,52+,53+,54+,64+,65?/m1/s1. The average Bonchev–Trinajstić information content (AvgIpc) is 1.59. The van der Waals surface area contributed by atoms with Crippen LogP contribution in [0.3, 0.4) is 0 Å². The van der Waals surface area contributed by atoms with Crippen LogP contribution >= 0.6 is 23.5 Å². The van der Waals surface area contributed by atoms with E-state index in [1.807, 2.05) is 18.2 Å². The van der Waals surface area contributed by atoms with E-state index >= 15 is 9.59 Å². The molecule has 6 heterocycles. The Hall–Kier alpha value is -7.55. The summed E-state index contributed by atoms with van der Waals surface area (Å²) < 4.78 is 29.7. The van der Waals surface area contributed by atoms with Crippen LogP contribution in [-0.4, -0.2) is 169 Å². The van der Waals surface area contributed by atoms with Crippen LogP contribution in [0.25, 0.3) is 21.8 Å². The summed E-state index contributed by atoms with van der Waals surface area (Å²) in [5.74, 6) is -4.59. The molecule has 1 saturated carbocycles. The minimum Gasteiger partial charge on any atom is -0.393 e. The molecule has 488 valence electrons. The second-order valence-electron chi connectivity index (χ2n) is 25.2. The summed E-state index contributed by atoms with van der Waals surface area (Å²) in [4.78, 5) is 139. The fourth-order valence-corrected chi connectivity index (χ4v) is 15.5. The highest BCUT2D eigenvalue weighted by atomic mass is 32.2. The molecule has 3 aromatic carbocycles. The number of unbranched alkanes of at least 4 members (excludes halogenated alkanes) is 1. The third-order valence-electron chi connectivity index (χ3n) is 18.8. The Morgan fingerprint density at radius 2 is 1.27 bits per heavy atom. The maximum Gasteiger partial charge on any atom is 0.246 e. The first kappa shape index (κ1) is 66.4. The molecule has 4 bridgehead atoms. The molecule has 2 aromatic heterocycles. The number of carbonyl (C=O) groups excluding carboxylic acids is 9. The molecule has 9 amide bonds. The fraction of sp³-hybridized carbons (Fsp3) is 0.523.